The van der Waals surface area contributed by atoms with Crippen molar-refractivity contribution < 1.29 is 14.3 Å². The topological polar surface area (TPSA) is 76.6 Å². The van der Waals surface area contributed by atoms with E-state index >= 15 is 0 Å². The number of hydrogen-bond donors (Lipinski definition) is 1. The van der Waals surface area contributed by atoms with E-state index in [4.69, 9.17) is 9.47 Å². The molecule has 7 nitrogen and oxygen atoms in total. The Labute approximate surface area is 165 Å². The van der Waals surface area contributed by atoms with Gasteiger partial charge in [-0.2, -0.15) is 0 Å². The first-order valence-corrected chi connectivity index (χ1v) is 9.81. The Morgan fingerprint density at radius 2 is 1.86 bits per heavy atom. The molecule has 2 aliphatic heterocycles. The van der Waals surface area contributed by atoms with Gasteiger partial charge in [0.1, 0.15) is 17.8 Å². The summed E-state index contributed by atoms with van der Waals surface area (Å²) in [6.07, 6.45) is 2.82. The summed E-state index contributed by atoms with van der Waals surface area (Å²) in [6.45, 7) is 6.76. The lowest BCUT2D eigenvalue weighted by Crippen LogP contribution is -2.47. The molecule has 1 spiro atoms. The number of ether oxygens (including phenoxy) is 2. The van der Waals surface area contributed by atoms with Crippen LogP contribution in [0.3, 0.4) is 0 Å². The molecule has 0 bridgehead atoms. The molecular weight excluding hydrogens is 356 g/mol. The summed E-state index contributed by atoms with van der Waals surface area (Å²) in [4.78, 5) is 23.2. The Morgan fingerprint density at radius 1 is 1.14 bits per heavy atom. The number of carbonyl (C=O) groups excluding carboxylic acids is 1. The van der Waals surface area contributed by atoms with Crippen LogP contribution in [0.4, 0.5) is 11.5 Å². The van der Waals surface area contributed by atoms with Crippen molar-refractivity contribution >= 4 is 17.4 Å². The van der Waals surface area contributed by atoms with E-state index in [0.717, 1.165) is 5.69 Å². The average molecular weight is 382 g/mol. The largest absolute Gasteiger partial charge is 0.347 e. The van der Waals surface area contributed by atoms with Crippen molar-refractivity contribution in [3.8, 4) is 0 Å². The van der Waals surface area contributed by atoms with Gasteiger partial charge in [0.2, 0.25) is 0 Å². The van der Waals surface area contributed by atoms with Crippen LogP contribution in [0.15, 0.2) is 36.7 Å². The maximum atomic E-state index is 12.9. The van der Waals surface area contributed by atoms with Gasteiger partial charge >= 0.3 is 0 Å². The zero-order chi connectivity index (χ0) is 19.6. The summed E-state index contributed by atoms with van der Waals surface area (Å²) >= 11 is 0. The van der Waals surface area contributed by atoms with Gasteiger partial charge in [0.05, 0.1) is 13.2 Å². The molecule has 28 heavy (non-hydrogen) atoms. The molecule has 2 fully saturated rings. The molecule has 2 aromatic rings. The Hall–Kier alpha value is -2.51. The molecule has 0 atom stereocenters. The third-order valence-electron chi connectivity index (χ3n) is 5.36. The van der Waals surface area contributed by atoms with E-state index in [9.17, 15) is 4.79 Å². The number of aromatic nitrogens is 2. The van der Waals surface area contributed by atoms with Crippen molar-refractivity contribution in [2.75, 3.05) is 31.6 Å². The standard InChI is InChI=1S/C21H26N4O3/c1-15(2)16-5-3-4-6-17(16)24-19-13-18(22-14-23-19)20(26)25-9-7-21(8-10-25)27-11-12-28-21/h3-6,13-15H,7-12H2,1-2H3,(H,22,23,24). The van der Waals surface area contributed by atoms with Crippen molar-refractivity contribution in [1.82, 2.24) is 14.9 Å². The Bertz CT molecular complexity index is 839. The first kappa shape index (κ1) is 18.8. The van der Waals surface area contributed by atoms with Gasteiger partial charge in [-0.15, -0.1) is 0 Å². The molecule has 0 unspecified atom stereocenters. The molecule has 1 N–H and O–H groups in total. The van der Waals surface area contributed by atoms with Crippen molar-refractivity contribution in [1.29, 1.82) is 0 Å². The summed E-state index contributed by atoms with van der Waals surface area (Å²) in [5, 5.41) is 3.33. The fourth-order valence-corrected chi connectivity index (χ4v) is 3.79. The zero-order valence-electron chi connectivity index (χ0n) is 16.4. The molecule has 7 heteroatoms. The van der Waals surface area contributed by atoms with E-state index in [1.54, 1.807) is 6.07 Å². The van der Waals surface area contributed by atoms with Crippen LogP contribution in [-0.2, 0) is 9.47 Å². The summed E-state index contributed by atoms with van der Waals surface area (Å²) in [7, 11) is 0. The molecule has 1 aromatic heterocycles. The Morgan fingerprint density at radius 3 is 2.57 bits per heavy atom. The quantitative estimate of drug-likeness (QED) is 0.874. The zero-order valence-corrected chi connectivity index (χ0v) is 16.4. The minimum atomic E-state index is -0.490. The van der Waals surface area contributed by atoms with Crippen LogP contribution >= 0.6 is 0 Å². The van der Waals surface area contributed by atoms with E-state index in [2.05, 4.69) is 35.2 Å². The molecule has 4 rings (SSSR count). The molecule has 0 aliphatic carbocycles. The van der Waals surface area contributed by atoms with Crippen LogP contribution < -0.4 is 5.32 Å². The van der Waals surface area contributed by atoms with E-state index in [1.165, 1.54) is 11.9 Å². The maximum absolute atomic E-state index is 12.9. The number of benzene rings is 1. The second kappa shape index (κ2) is 7.85. The number of nitrogens with one attached hydrogen (secondary N) is 1. The van der Waals surface area contributed by atoms with Crippen LogP contribution in [0.5, 0.6) is 0 Å². The molecular formula is C21H26N4O3. The second-order valence-electron chi connectivity index (χ2n) is 7.56. The highest BCUT2D eigenvalue weighted by Crippen LogP contribution is 2.32. The fourth-order valence-electron chi connectivity index (χ4n) is 3.79. The smallest absolute Gasteiger partial charge is 0.272 e. The van der Waals surface area contributed by atoms with Crippen LogP contribution in [0.25, 0.3) is 0 Å². The highest BCUT2D eigenvalue weighted by Gasteiger charge is 2.41. The summed E-state index contributed by atoms with van der Waals surface area (Å²) in [5.74, 6) is 0.417. The Balaban J connectivity index is 1.46. The van der Waals surface area contributed by atoms with Gasteiger partial charge in [0.25, 0.3) is 5.91 Å². The average Bonchev–Trinajstić information content (AvgIpc) is 3.16. The summed E-state index contributed by atoms with van der Waals surface area (Å²) in [5.41, 5.74) is 2.58. The lowest BCUT2D eigenvalue weighted by molar-refractivity contribution is -0.181. The highest BCUT2D eigenvalue weighted by atomic mass is 16.7. The van der Waals surface area contributed by atoms with Crippen molar-refractivity contribution in [3.63, 3.8) is 0 Å². The van der Waals surface area contributed by atoms with E-state index < -0.39 is 5.79 Å². The number of likely N-dealkylation sites (tertiary alicyclic amines) is 1. The maximum Gasteiger partial charge on any atom is 0.272 e. The van der Waals surface area contributed by atoms with Gasteiger partial charge in [0, 0.05) is 37.7 Å². The molecule has 1 aromatic carbocycles. The summed E-state index contributed by atoms with van der Waals surface area (Å²) in [6, 6.07) is 9.84. The number of para-hydroxylation sites is 1. The Kier molecular flexibility index (Phi) is 5.28. The number of carbonyl (C=O) groups is 1. The van der Waals surface area contributed by atoms with E-state index in [0.29, 0.717) is 56.6 Å². The van der Waals surface area contributed by atoms with Crippen LogP contribution in [0.1, 0.15) is 48.7 Å². The lowest BCUT2D eigenvalue weighted by Gasteiger charge is -2.37. The lowest BCUT2D eigenvalue weighted by atomic mass is 10.0. The number of rotatable bonds is 4. The van der Waals surface area contributed by atoms with E-state index in [-0.39, 0.29) is 5.91 Å². The van der Waals surface area contributed by atoms with Gasteiger partial charge in [-0.3, -0.25) is 4.79 Å². The third-order valence-corrected chi connectivity index (χ3v) is 5.36. The number of nitrogens with zero attached hydrogens (tertiary/aromatic N) is 3. The number of amides is 1. The SMILES string of the molecule is CC(C)c1ccccc1Nc1cc(C(=O)N2CCC3(CC2)OCCO3)ncn1. The van der Waals surface area contributed by atoms with Crippen molar-refractivity contribution in [2.45, 2.75) is 38.4 Å². The van der Waals surface area contributed by atoms with Gasteiger partial charge in [-0.05, 0) is 17.5 Å². The van der Waals surface area contributed by atoms with Crippen molar-refractivity contribution in [2.24, 2.45) is 0 Å². The predicted octanol–water partition coefficient (Wildman–Crippen LogP) is 3.32. The van der Waals surface area contributed by atoms with Crippen molar-refractivity contribution in [3.05, 3.63) is 47.9 Å². The number of hydrogen-bond acceptors (Lipinski definition) is 6. The molecule has 2 saturated heterocycles. The third kappa shape index (κ3) is 3.86. The van der Waals surface area contributed by atoms with Crippen LogP contribution in [0, 0.1) is 0 Å². The predicted molar refractivity (Wildman–Crippen MR) is 106 cm³/mol. The molecule has 0 radical (unpaired) electrons. The van der Waals surface area contributed by atoms with Gasteiger partial charge in [-0.1, -0.05) is 32.0 Å². The van der Waals surface area contributed by atoms with Gasteiger partial charge in [-0.25, -0.2) is 9.97 Å². The van der Waals surface area contributed by atoms with Gasteiger partial charge < -0.3 is 19.7 Å². The minimum Gasteiger partial charge on any atom is -0.347 e. The fraction of sp³-hybridized carbons (Fsp3) is 0.476. The molecule has 148 valence electrons. The first-order chi connectivity index (χ1) is 13.6. The van der Waals surface area contributed by atoms with Gasteiger partial charge in [0.15, 0.2) is 5.79 Å². The van der Waals surface area contributed by atoms with Crippen LogP contribution in [0.2, 0.25) is 0 Å². The minimum absolute atomic E-state index is 0.0876. The summed E-state index contributed by atoms with van der Waals surface area (Å²) < 4.78 is 11.5. The number of piperidine rings is 1. The monoisotopic (exact) mass is 382 g/mol. The second-order valence-corrected chi connectivity index (χ2v) is 7.56. The normalized spacial score (nSPS) is 18.6. The molecule has 3 heterocycles. The number of anilines is 2. The van der Waals surface area contributed by atoms with Crippen LogP contribution in [-0.4, -0.2) is 52.9 Å². The highest BCUT2D eigenvalue weighted by molar-refractivity contribution is 5.93. The molecule has 2 aliphatic rings. The molecule has 0 saturated carbocycles. The first-order valence-electron chi connectivity index (χ1n) is 9.81. The molecule has 1 amide bonds. The van der Waals surface area contributed by atoms with E-state index in [1.807, 2.05) is 23.1 Å².